The minimum atomic E-state index is -0.966. The van der Waals surface area contributed by atoms with Crippen molar-refractivity contribution >= 4 is 34.3 Å². The molecule has 1 aromatic carbocycles. The molecule has 2 aromatic rings. The standard InChI is InChI=1S/C19H19NO3S/c1-12-6-8-13(9-7-12)10-11-16(21)20-18-17(19(22)23)14-4-2-3-5-15(14)24-18/h6-11H,2-5H2,1H3,(H,20,21)(H,22,23)/b11-10+. The van der Waals surface area contributed by atoms with E-state index in [1.165, 1.54) is 17.4 Å². The van der Waals surface area contributed by atoms with Crippen LogP contribution in [-0.2, 0) is 17.6 Å². The maximum Gasteiger partial charge on any atom is 0.339 e. The quantitative estimate of drug-likeness (QED) is 0.816. The number of hydrogen-bond donors (Lipinski definition) is 2. The number of thiophene rings is 1. The van der Waals surface area contributed by atoms with Gasteiger partial charge in [-0.1, -0.05) is 29.8 Å². The van der Waals surface area contributed by atoms with E-state index in [1.54, 1.807) is 6.08 Å². The van der Waals surface area contributed by atoms with Crippen molar-refractivity contribution in [1.82, 2.24) is 0 Å². The molecular weight excluding hydrogens is 322 g/mol. The number of carboxylic acid groups (broad SMARTS) is 1. The Morgan fingerprint density at radius 1 is 1.17 bits per heavy atom. The molecule has 0 aliphatic heterocycles. The number of aromatic carboxylic acids is 1. The van der Waals surface area contributed by atoms with Crippen molar-refractivity contribution in [2.24, 2.45) is 0 Å². The van der Waals surface area contributed by atoms with Crippen molar-refractivity contribution in [2.45, 2.75) is 32.6 Å². The molecule has 1 aliphatic carbocycles. The maximum atomic E-state index is 12.2. The summed E-state index contributed by atoms with van der Waals surface area (Å²) in [7, 11) is 0. The van der Waals surface area contributed by atoms with Gasteiger partial charge in [0.1, 0.15) is 5.00 Å². The number of aryl methyl sites for hydroxylation is 2. The smallest absolute Gasteiger partial charge is 0.339 e. The normalized spacial score (nSPS) is 13.7. The molecule has 0 spiro atoms. The third-order valence-electron chi connectivity index (χ3n) is 4.13. The molecule has 0 radical (unpaired) electrons. The molecule has 4 nitrogen and oxygen atoms in total. The highest BCUT2D eigenvalue weighted by molar-refractivity contribution is 7.17. The summed E-state index contributed by atoms with van der Waals surface area (Å²) in [4.78, 5) is 24.8. The first kappa shape index (κ1) is 16.5. The molecule has 124 valence electrons. The van der Waals surface area contributed by atoms with Gasteiger partial charge in [0.15, 0.2) is 0 Å². The van der Waals surface area contributed by atoms with E-state index in [1.807, 2.05) is 31.2 Å². The number of carbonyl (C=O) groups is 2. The zero-order valence-electron chi connectivity index (χ0n) is 13.5. The van der Waals surface area contributed by atoms with E-state index in [9.17, 15) is 14.7 Å². The van der Waals surface area contributed by atoms with Gasteiger partial charge in [0.25, 0.3) is 0 Å². The predicted octanol–water partition coefficient (Wildman–Crippen LogP) is 4.29. The first-order valence-electron chi connectivity index (χ1n) is 7.98. The van der Waals surface area contributed by atoms with Crippen LogP contribution in [0.2, 0.25) is 0 Å². The van der Waals surface area contributed by atoms with Crippen LogP contribution in [0.5, 0.6) is 0 Å². The van der Waals surface area contributed by atoms with Crippen LogP contribution in [0.1, 0.15) is 44.8 Å². The van der Waals surface area contributed by atoms with Gasteiger partial charge in [-0.3, -0.25) is 4.79 Å². The molecule has 0 unspecified atom stereocenters. The van der Waals surface area contributed by atoms with Crippen LogP contribution in [-0.4, -0.2) is 17.0 Å². The third kappa shape index (κ3) is 3.57. The highest BCUT2D eigenvalue weighted by atomic mass is 32.1. The number of hydrogen-bond acceptors (Lipinski definition) is 3. The van der Waals surface area contributed by atoms with Crippen LogP contribution < -0.4 is 5.32 Å². The molecule has 24 heavy (non-hydrogen) atoms. The van der Waals surface area contributed by atoms with Gasteiger partial charge in [-0.25, -0.2) is 4.79 Å². The van der Waals surface area contributed by atoms with Crippen molar-refractivity contribution in [3.05, 3.63) is 57.5 Å². The molecule has 3 rings (SSSR count). The molecule has 1 amide bonds. The summed E-state index contributed by atoms with van der Waals surface area (Å²) in [6.07, 6.45) is 6.92. The van der Waals surface area contributed by atoms with Gasteiger partial charge in [-0.2, -0.15) is 0 Å². The van der Waals surface area contributed by atoms with Gasteiger partial charge in [0.2, 0.25) is 5.91 Å². The lowest BCUT2D eigenvalue weighted by molar-refractivity contribution is -0.111. The van der Waals surface area contributed by atoms with Crippen molar-refractivity contribution in [2.75, 3.05) is 5.32 Å². The number of fused-ring (bicyclic) bond motifs is 1. The fraction of sp³-hybridized carbons (Fsp3) is 0.263. The molecule has 0 saturated carbocycles. The van der Waals surface area contributed by atoms with Crippen LogP contribution >= 0.6 is 11.3 Å². The molecule has 0 bridgehead atoms. The topological polar surface area (TPSA) is 66.4 Å². The van der Waals surface area contributed by atoms with Gasteiger partial charge < -0.3 is 10.4 Å². The summed E-state index contributed by atoms with van der Waals surface area (Å²) >= 11 is 1.40. The third-order valence-corrected chi connectivity index (χ3v) is 5.33. The summed E-state index contributed by atoms with van der Waals surface area (Å²) in [6.45, 7) is 2.01. The molecule has 1 aliphatic rings. The molecule has 2 N–H and O–H groups in total. The number of nitrogens with one attached hydrogen (secondary N) is 1. The number of amides is 1. The molecule has 0 fully saturated rings. The molecular formula is C19H19NO3S. The highest BCUT2D eigenvalue weighted by Gasteiger charge is 2.25. The molecule has 1 heterocycles. The number of rotatable bonds is 4. The fourth-order valence-corrected chi connectivity index (χ4v) is 4.17. The zero-order valence-corrected chi connectivity index (χ0v) is 14.3. The largest absolute Gasteiger partial charge is 0.478 e. The second-order valence-electron chi connectivity index (χ2n) is 5.95. The Hall–Kier alpha value is -2.40. The van der Waals surface area contributed by atoms with Gasteiger partial charge in [-0.15, -0.1) is 11.3 Å². The molecule has 0 atom stereocenters. The van der Waals surface area contributed by atoms with Crippen LogP contribution in [0.4, 0.5) is 5.00 Å². The second kappa shape index (κ2) is 7.01. The van der Waals surface area contributed by atoms with Gasteiger partial charge in [0.05, 0.1) is 5.56 Å². The van der Waals surface area contributed by atoms with E-state index in [2.05, 4.69) is 5.32 Å². The Bertz CT molecular complexity index is 803. The highest BCUT2D eigenvalue weighted by Crippen LogP contribution is 2.38. The average Bonchev–Trinajstić information content (AvgIpc) is 2.92. The van der Waals surface area contributed by atoms with Crippen LogP contribution in [0, 0.1) is 6.92 Å². The van der Waals surface area contributed by atoms with E-state index in [0.29, 0.717) is 5.00 Å². The van der Waals surface area contributed by atoms with Crippen molar-refractivity contribution < 1.29 is 14.7 Å². The molecule has 1 aromatic heterocycles. The van der Waals surface area contributed by atoms with E-state index < -0.39 is 5.97 Å². The Balaban J connectivity index is 1.78. The summed E-state index contributed by atoms with van der Waals surface area (Å²) in [5.74, 6) is -1.27. The summed E-state index contributed by atoms with van der Waals surface area (Å²) < 4.78 is 0. The Morgan fingerprint density at radius 2 is 1.88 bits per heavy atom. The van der Waals surface area contributed by atoms with Crippen molar-refractivity contribution in [3.63, 3.8) is 0 Å². The number of carboxylic acids is 1. The van der Waals surface area contributed by atoms with E-state index in [0.717, 1.165) is 47.3 Å². The van der Waals surface area contributed by atoms with Gasteiger partial charge in [0, 0.05) is 11.0 Å². The Morgan fingerprint density at radius 3 is 2.58 bits per heavy atom. The minimum Gasteiger partial charge on any atom is -0.478 e. The maximum absolute atomic E-state index is 12.2. The Kier molecular flexibility index (Phi) is 4.81. The molecule has 0 saturated heterocycles. The number of anilines is 1. The van der Waals surface area contributed by atoms with Crippen molar-refractivity contribution in [3.8, 4) is 0 Å². The Labute approximate surface area is 144 Å². The van der Waals surface area contributed by atoms with E-state index >= 15 is 0 Å². The second-order valence-corrected chi connectivity index (χ2v) is 7.06. The summed E-state index contributed by atoms with van der Waals surface area (Å²) in [5, 5.41) is 12.7. The first-order chi connectivity index (χ1) is 11.5. The zero-order chi connectivity index (χ0) is 17.1. The number of benzene rings is 1. The minimum absolute atomic E-state index is 0.270. The fourth-order valence-electron chi connectivity index (χ4n) is 2.88. The van der Waals surface area contributed by atoms with Crippen LogP contribution in [0.3, 0.4) is 0 Å². The SMILES string of the molecule is Cc1ccc(/C=C/C(=O)Nc2sc3c(c2C(=O)O)CCCC3)cc1. The summed E-state index contributed by atoms with van der Waals surface area (Å²) in [6, 6.07) is 7.83. The average molecular weight is 341 g/mol. The first-order valence-corrected chi connectivity index (χ1v) is 8.80. The van der Waals surface area contributed by atoms with Crippen molar-refractivity contribution in [1.29, 1.82) is 0 Å². The van der Waals surface area contributed by atoms with Gasteiger partial charge in [-0.05, 0) is 49.8 Å². The van der Waals surface area contributed by atoms with E-state index in [-0.39, 0.29) is 11.5 Å². The summed E-state index contributed by atoms with van der Waals surface area (Å²) in [5.41, 5.74) is 3.26. The van der Waals surface area contributed by atoms with Crippen LogP contribution in [0.25, 0.3) is 6.08 Å². The predicted molar refractivity (Wildman–Crippen MR) is 96.8 cm³/mol. The molecule has 5 heteroatoms. The monoisotopic (exact) mass is 341 g/mol. The van der Waals surface area contributed by atoms with Gasteiger partial charge >= 0.3 is 5.97 Å². The van der Waals surface area contributed by atoms with E-state index in [4.69, 9.17) is 0 Å². The van der Waals surface area contributed by atoms with Crippen LogP contribution in [0.15, 0.2) is 30.3 Å². The number of carbonyl (C=O) groups excluding carboxylic acids is 1. The lowest BCUT2D eigenvalue weighted by atomic mass is 9.95. The lowest BCUT2D eigenvalue weighted by Gasteiger charge is -2.10. The lowest BCUT2D eigenvalue weighted by Crippen LogP contribution is -2.11.